The number of carbonyl (C=O) groups excluding carboxylic acids is 2. The Kier molecular flexibility index (Phi) is 4.89. The van der Waals surface area contributed by atoms with Crippen molar-refractivity contribution in [2.45, 2.75) is 39.3 Å². The van der Waals surface area contributed by atoms with Gasteiger partial charge in [-0.1, -0.05) is 30.3 Å². The Labute approximate surface area is 135 Å². The zero-order chi connectivity index (χ0) is 17.0. The normalized spacial score (nSPS) is 12.5. The van der Waals surface area contributed by atoms with Crippen LogP contribution in [0.3, 0.4) is 0 Å². The third kappa shape index (κ3) is 4.98. The summed E-state index contributed by atoms with van der Waals surface area (Å²) >= 11 is 0. The van der Waals surface area contributed by atoms with Gasteiger partial charge in [-0.2, -0.15) is 0 Å². The number of fused-ring (bicyclic) bond motifs is 1. The summed E-state index contributed by atoms with van der Waals surface area (Å²) in [6, 6.07) is 12.4. The number of benzene rings is 2. The highest BCUT2D eigenvalue weighted by Gasteiger charge is 2.22. The molecule has 2 aromatic carbocycles. The van der Waals surface area contributed by atoms with Gasteiger partial charge in [0, 0.05) is 0 Å². The van der Waals surface area contributed by atoms with Crippen molar-refractivity contribution in [3.8, 4) is 5.75 Å². The Hall–Kier alpha value is -2.56. The number of hydrogen-bond donors (Lipinski definition) is 1. The molecule has 2 rings (SSSR count). The first kappa shape index (κ1) is 16.8. The van der Waals surface area contributed by atoms with Crippen molar-refractivity contribution in [3.05, 3.63) is 42.5 Å². The number of alkyl carbamates (subject to hydrolysis) is 1. The maximum absolute atomic E-state index is 12.1. The molecular weight excluding hydrogens is 294 g/mol. The van der Waals surface area contributed by atoms with Gasteiger partial charge < -0.3 is 14.8 Å². The van der Waals surface area contributed by atoms with E-state index in [1.165, 1.54) is 0 Å². The van der Waals surface area contributed by atoms with Gasteiger partial charge in [0.05, 0.1) is 0 Å². The summed E-state index contributed by atoms with van der Waals surface area (Å²) < 4.78 is 10.4. The highest BCUT2D eigenvalue weighted by molar-refractivity contribution is 5.86. The van der Waals surface area contributed by atoms with Crippen molar-refractivity contribution in [2.24, 2.45) is 0 Å². The Balaban J connectivity index is 1.98. The largest absolute Gasteiger partial charge is 0.444 e. The quantitative estimate of drug-likeness (QED) is 0.693. The van der Waals surface area contributed by atoms with E-state index in [-0.39, 0.29) is 0 Å². The maximum Gasteiger partial charge on any atom is 0.408 e. The fourth-order valence-electron chi connectivity index (χ4n) is 1.98. The Morgan fingerprint density at radius 1 is 1.04 bits per heavy atom. The monoisotopic (exact) mass is 315 g/mol. The summed E-state index contributed by atoms with van der Waals surface area (Å²) in [6.45, 7) is 6.81. The van der Waals surface area contributed by atoms with Gasteiger partial charge in [-0.05, 0) is 50.6 Å². The third-order valence-corrected chi connectivity index (χ3v) is 3.03. The number of esters is 1. The molecule has 0 radical (unpaired) electrons. The van der Waals surface area contributed by atoms with Crippen molar-refractivity contribution in [2.75, 3.05) is 0 Å². The third-order valence-electron chi connectivity index (χ3n) is 3.03. The lowest BCUT2D eigenvalue weighted by Crippen LogP contribution is -2.43. The second kappa shape index (κ2) is 6.69. The van der Waals surface area contributed by atoms with E-state index in [9.17, 15) is 9.59 Å². The Bertz CT molecular complexity index is 718. The molecule has 23 heavy (non-hydrogen) atoms. The van der Waals surface area contributed by atoms with Crippen LogP contribution in [0.25, 0.3) is 10.8 Å². The first-order valence-electron chi connectivity index (χ1n) is 7.44. The van der Waals surface area contributed by atoms with Crippen molar-refractivity contribution in [3.63, 3.8) is 0 Å². The van der Waals surface area contributed by atoms with E-state index in [0.29, 0.717) is 5.75 Å². The fraction of sp³-hybridized carbons (Fsp3) is 0.333. The van der Waals surface area contributed by atoms with Gasteiger partial charge in [-0.3, -0.25) is 0 Å². The molecule has 0 heterocycles. The summed E-state index contributed by atoms with van der Waals surface area (Å²) in [7, 11) is 0. The highest BCUT2D eigenvalue weighted by Crippen LogP contribution is 2.20. The van der Waals surface area contributed by atoms with Crippen molar-refractivity contribution < 1.29 is 19.1 Å². The molecule has 1 amide bonds. The van der Waals surface area contributed by atoms with E-state index >= 15 is 0 Å². The predicted octanol–water partition coefficient (Wildman–Crippen LogP) is 3.66. The highest BCUT2D eigenvalue weighted by atomic mass is 16.6. The predicted molar refractivity (Wildman–Crippen MR) is 88.4 cm³/mol. The van der Waals surface area contributed by atoms with Gasteiger partial charge in [-0.15, -0.1) is 0 Å². The molecule has 0 spiro atoms. The SMILES string of the molecule is CC(NC(=O)OC(C)(C)C)C(=O)Oc1ccc2ccccc2c1. The smallest absolute Gasteiger partial charge is 0.408 e. The van der Waals surface area contributed by atoms with Crippen LogP contribution in [0.1, 0.15) is 27.7 Å². The average molecular weight is 315 g/mol. The van der Waals surface area contributed by atoms with E-state index in [1.54, 1.807) is 39.8 Å². The molecule has 0 aromatic heterocycles. The minimum atomic E-state index is -0.809. The number of carbonyl (C=O) groups is 2. The van der Waals surface area contributed by atoms with Crippen molar-refractivity contribution in [1.82, 2.24) is 5.32 Å². The van der Waals surface area contributed by atoms with E-state index in [2.05, 4.69) is 5.32 Å². The maximum atomic E-state index is 12.1. The van der Waals surface area contributed by atoms with Crippen LogP contribution in [0.15, 0.2) is 42.5 Å². The van der Waals surface area contributed by atoms with E-state index in [0.717, 1.165) is 10.8 Å². The lowest BCUT2D eigenvalue weighted by Gasteiger charge is -2.21. The molecule has 1 N–H and O–H groups in total. The molecular formula is C18H21NO4. The lowest BCUT2D eigenvalue weighted by molar-refractivity contribution is -0.136. The van der Waals surface area contributed by atoms with Gasteiger partial charge in [0.1, 0.15) is 17.4 Å². The van der Waals surface area contributed by atoms with Crippen LogP contribution in [0, 0.1) is 0 Å². The zero-order valence-corrected chi connectivity index (χ0v) is 13.8. The van der Waals surface area contributed by atoms with Crippen LogP contribution < -0.4 is 10.1 Å². The van der Waals surface area contributed by atoms with Crippen LogP contribution in [0.5, 0.6) is 5.75 Å². The van der Waals surface area contributed by atoms with Gasteiger partial charge in [0.2, 0.25) is 0 Å². The van der Waals surface area contributed by atoms with Gasteiger partial charge >= 0.3 is 12.1 Å². The summed E-state index contributed by atoms with van der Waals surface area (Å²) in [4.78, 5) is 23.7. The van der Waals surface area contributed by atoms with Gasteiger partial charge in [-0.25, -0.2) is 9.59 Å². The number of nitrogens with one attached hydrogen (secondary N) is 1. The zero-order valence-electron chi connectivity index (χ0n) is 13.8. The molecule has 1 atom stereocenters. The number of rotatable bonds is 3. The number of amides is 1. The van der Waals surface area contributed by atoms with E-state index < -0.39 is 23.7 Å². The molecule has 0 saturated carbocycles. The molecule has 5 nitrogen and oxygen atoms in total. The van der Waals surface area contributed by atoms with Gasteiger partial charge in [0.25, 0.3) is 0 Å². The molecule has 5 heteroatoms. The second-order valence-electron chi connectivity index (χ2n) is 6.30. The molecule has 0 fully saturated rings. The number of hydrogen-bond acceptors (Lipinski definition) is 4. The Morgan fingerprint density at radius 3 is 2.35 bits per heavy atom. The average Bonchev–Trinajstić information content (AvgIpc) is 2.45. The summed E-state index contributed by atoms with van der Waals surface area (Å²) in [5, 5.41) is 4.50. The molecule has 0 aliphatic heterocycles. The number of ether oxygens (including phenoxy) is 2. The van der Waals surface area contributed by atoms with Crippen LogP contribution in [-0.4, -0.2) is 23.7 Å². The van der Waals surface area contributed by atoms with Crippen LogP contribution in [-0.2, 0) is 9.53 Å². The lowest BCUT2D eigenvalue weighted by atomic mass is 10.1. The molecule has 0 aliphatic rings. The van der Waals surface area contributed by atoms with Crippen LogP contribution in [0.2, 0.25) is 0 Å². The summed E-state index contributed by atoms with van der Waals surface area (Å²) in [5.74, 6) is -0.113. The molecule has 0 saturated heterocycles. The topological polar surface area (TPSA) is 64.6 Å². The molecule has 122 valence electrons. The van der Waals surface area contributed by atoms with E-state index in [4.69, 9.17) is 9.47 Å². The summed E-state index contributed by atoms with van der Waals surface area (Å²) in [6.07, 6.45) is -0.652. The van der Waals surface area contributed by atoms with Crippen LogP contribution in [0.4, 0.5) is 4.79 Å². The minimum absolute atomic E-state index is 0.437. The molecule has 1 unspecified atom stereocenters. The van der Waals surface area contributed by atoms with Gasteiger partial charge in [0.15, 0.2) is 0 Å². The van der Waals surface area contributed by atoms with Crippen LogP contribution >= 0.6 is 0 Å². The van der Waals surface area contributed by atoms with Crippen molar-refractivity contribution in [1.29, 1.82) is 0 Å². The van der Waals surface area contributed by atoms with Crippen molar-refractivity contribution >= 4 is 22.8 Å². The Morgan fingerprint density at radius 2 is 1.70 bits per heavy atom. The first-order chi connectivity index (χ1) is 10.7. The fourth-order valence-corrected chi connectivity index (χ4v) is 1.98. The molecule has 0 aliphatic carbocycles. The van der Waals surface area contributed by atoms with E-state index in [1.807, 2.05) is 30.3 Å². The second-order valence-corrected chi connectivity index (χ2v) is 6.30. The first-order valence-corrected chi connectivity index (χ1v) is 7.44. The molecule has 2 aromatic rings. The standard InChI is InChI=1S/C18H21NO4/c1-12(19-17(21)23-18(2,3)4)16(20)22-15-10-9-13-7-5-6-8-14(13)11-15/h5-12H,1-4H3,(H,19,21). The minimum Gasteiger partial charge on any atom is -0.444 e. The summed E-state index contributed by atoms with van der Waals surface area (Å²) in [5.41, 5.74) is -0.619. The molecule has 0 bridgehead atoms.